The maximum Gasteiger partial charge on any atom is 0.223 e. The van der Waals surface area contributed by atoms with E-state index in [2.05, 4.69) is 71.8 Å². The van der Waals surface area contributed by atoms with Gasteiger partial charge in [-0.3, -0.25) is 20.0 Å². The first-order chi connectivity index (χ1) is 21.8. The van der Waals surface area contributed by atoms with E-state index in [0.717, 1.165) is 71.9 Å². The van der Waals surface area contributed by atoms with Gasteiger partial charge in [0.05, 0.1) is 5.69 Å². The van der Waals surface area contributed by atoms with Gasteiger partial charge in [-0.1, -0.05) is 66.7 Å². The molecule has 2 aromatic carbocycles. The van der Waals surface area contributed by atoms with Gasteiger partial charge >= 0.3 is 0 Å². The molecule has 0 atom stereocenters. The van der Waals surface area contributed by atoms with Crippen LogP contribution in [0.2, 0.25) is 0 Å². The third-order valence-corrected chi connectivity index (χ3v) is 8.05. The summed E-state index contributed by atoms with van der Waals surface area (Å²) in [6, 6.07) is 28.9. The zero-order chi connectivity index (χ0) is 29.6. The van der Waals surface area contributed by atoms with E-state index >= 15 is 0 Å². The average molecular weight is 580 g/mol. The fourth-order valence-corrected chi connectivity index (χ4v) is 5.66. The largest absolute Gasteiger partial charge is 0.350 e. The number of rotatable bonds is 9. The van der Waals surface area contributed by atoms with Crippen molar-refractivity contribution >= 4 is 5.95 Å². The Hall–Kier alpha value is -5.28. The van der Waals surface area contributed by atoms with E-state index in [1.165, 1.54) is 5.56 Å². The first kappa shape index (κ1) is 27.5. The molecule has 0 bridgehead atoms. The second-order valence-corrected chi connectivity index (χ2v) is 11.0. The van der Waals surface area contributed by atoms with Gasteiger partial charge in [-0.2, -0.15) is 5.10 Å². The minimum atomic E-state index is 0.383. The van der Waals surface area contributed by atoms with Crippen molar-refractivity contribution in [2.75, 3.05) is 18.4 Å². The van der Waals surface area contributed by atoms with Crippen molar-refractivity contribution in [2.24, 2.45) is 0 Å². The lowest BCUT2D eigenvalue weighted by Gasteiger charge is -2.31. The fraction of sp³-hybridized carbons (Fsp3) is 0.200. The third-order valence-electron chi connectivity index (χ3n) is 8.05. The van der Waals surface area contributed by atoms with E-state index in [1.54, 1.807) is 12.4 Å². The lowest BCUT2D eigenvalue weighted by Crippen LogP contribution is -2.32. The number of piperidine rings is 1. The highest BCUT2D eigenvalue weighted by molar-refractivity contribution is 5.80. The summed E-state index contributed by atoms with van der Waals surface area (Å²) in [5.41, 5.74) is 7.23. The van der Waals surface area contributed by atoms with Crippen molar-refractivity contribution in [2.45, 2.75) is 31.8 Å². The highest BCUT2D eigenvalue weighted by Crippen LogP contribution is 2.32. The quantitative estimate of drug-likeness (QED) is 0.203. The van der Waals surface area contributed by atoms with Crippen LogP contribution in [-0.2, 0) is 13.1 Å². The molecule has 1 aliphatic heterocycles. The average Bonchev–Trinajstić information content (AvgIpc) is 3.60. The summed E-state index contributed by atoms with van der Waals surface area (Å²) in [5.74, 6) is 2.60. The zero-order valence-corrected chi connectivity index (χ0v) is 24.3. The molecule has 0 aliphatic carbocycles. The van der Waals surface area contributed by atoms with Crippen molar-refractivity contribution in [3.63, 3.8) is 0 Å². The number of aromatic nitrogens is 7. The van der Waals surface area contributed by atoms with E-state index in [9.17, 15) is 0 Å². The monoisotopic (exact) mass is 579 g/mol. The summed E-state index contributed by atoms with van der Waals surface area (Å²) >= 11 is 0. The number of anilines is 1. The molecule has 0 radical (unpaired) electrons. The highest BCUT2D eigenvalue weighted by Gasteiger charge is 2.24. The molecule has 6 aromatic rings. The van der Waals surface area contributed by atoms with Gasteiger partial charge in [0.1, 0.15) is 11.5 Å². The van der Waals surface area contributed by atoms with Gasteiger partial charge in [-0.15, -0.1) is 0 Å². The van der Waals surface area contributed by atoms with Crippen LogP contribution >= 0.6 is 0 Å². The fourth-order valence-electron chi connectivity index (χ4n) is 5.66. The van der Waals surface area contributed by atoms with E-state index in [0.29, 0.717) is 24.2 Å². The Morgan fingerprint density at radius 1 is 0.750 bits per heavy atom. The van der Waals surface area contributed by atoms with Gasteiger partial charge < -0.3 is 5.32 Å². The number of likely N-dealkylation sites (tertiary alicyclic amines) is 1. The smallest absolute Gasteiger partial charge is 0.223 e. The Balaban J connectivity index is 1.02. The molecule has 5 heterocycles. The molecule has 2 N–H and O–H groups in total. The second kappa shape index (κ2) is 12.9. The molecule has 218 valence electrons. The molecule has 0 spiro atoms. The topological polar surface area (TPSA) is 108 Å². The van der Waals surface area contributed by atoms with Crippen LogP contribution < -0.4 is 5.32 Å². The molecule has 4 aromatic heterocycles. The molecule has 1 saturated heterocycles. The summed E-state index contributed by atoms with van der Waals surface area (Å²) < 4.78 is 0. The second-order valence-electron chi connectivity index (χ2n) is 11.0. The normalized spacial score (nSPS) is 14.0. The lowest BCUT2D eigenvalue weighted by atomic mass is 9.95. The van der Waals surface area contributed by atoms with E-state index in [1.807, 2.05) is 60.9 Å². The highest BCUT2D eigenvalue weighted by atomic mass is 15.2. The maximum absolute atomic E-state index is 4.97. The van der Waals surface area contributed by atoms with Crippen LogP contribution in [0.3, 0.4) is 0 Å². The summed E-state index contributed by atoms with van der Waals surface area (Å²) in [5, 5.41) is 10.9. The van der Waals surface area contributed by atoms with Gasteiger partial charge in [-0.25, -0.2) is 15.0 Å². The minimum absolute atomic E-state index is 0.383. The SMILES string of the molecule is c1ccc(-c2cnc(NCc3cccnc3)nc2-c2ccc(CN3CCC(c4nc(-c5ccccn5)n[nH]4)CC3)cc2)cc1. The Bertz CT molecular complexity index is 1780. The third kappa shape index (κ3) is 6.38. The Kier molecular flexibility index (Phi) is 8.09. The molecular formula is C35H33N9. The molecule has 0 amide bonds. The van der Waals surface area contributed by atoms with Crippen LogP contribution in [0.1, 0.15) is 35.7 Å². The number of nitrogens with zero attached hydrogens (tertiary/aromatic N) is 7. The lowest BCUT2D eigenvalue weighted by molar-refractivity contribution is 0.202. The summed E-state index contributed by atoms with van der Waals surface area (Å²) in [6.45, 7) is 3.55. The maximum atomic E-state index is 4.97. The predicted octanol–water partition coefficient (Wildman–Crippen LogP) is 6.38. The van der Waals surface area contributed by atoms with Crippen molar-refractivity contribution in [3.8, 4) is 33.9 Å². The molecule has 7 rings (SSSR count). The standard InChI is InChI=1S/C35H33N9/c1-2-8-27(9-3-1)30-23-39-35(38-22-26-7-6-17-36-21-26)40-32(30)28-13-11-25(12-14-28)24-44-19-15-29(16-20-44)33-41-34(43-42-33)31-10-4-5-18-37-31/h1-14,17-18,21,23,29H,15-16,19-20,22,24H2,(H,38,39,40)(H,41,42,43). The Morgan fingerprint density at radius 2 is 1.59 bits per heavy atom. The van der Waals surface area contributed by atoms with Crippen LogP contribution in [0.25, 0.3) is 33.9 Å². The zero-order valence-electron chi connectivity index (χ0n) is 24.3. The van der Waals surface area contributed by atoms with Gasteiger partial charge in [0.25, 0.3) is 0 Å². The molecule has 44 heavy (non-hydrogen) atoms. The van der Waals surface area contributed by atoms with Crippen LogP contribution in [0.15, 0.2) is 110 Å². The number of nitrogens with one attached hydrogen (secondary N) is 2. The molecule has 0 unspecified atom stereocenters. The van der Waals surface area contributed by atoms with E-state index in [-0.39, 0.29) is 0 Å². The van der Waals surface area contributed by atoms with Crippen molar-refractivity contribution in [1.29, 1.82) is 0 Å². The number of hydrogen-bond donors (Lipinski definition) is 2. The summed E-state index contributed by atoms with van der Waals surface area (Å²) in [7, 11) is 0. The molecular weight excluding hydrogens is 546 g/mol. The predicted molar refractivity (Wildman–Crippen MR) is 171 cm³/mol. The van der Waals surface area contributed by atoms with Crippen molar-refractivity contribution < 1.29 is 0 Å². The first-order valence-corrected chi connectivity index (χ1v) is 15.0. The number of aromatic amines is 1. The van der Waals surface area contributed by atoms with Crippen LogP contribution in [-0.4, -0.2) is 53.1 Å². The van der Waals surface area contributed by atoms with Crippen molar-refractivity contribution in [1.82, 2.24) is 40.0 Å². The summed E-state index contributed by atoms with van der Waals surface area (Å²) in [6.07, 6.45) is 9.40. The number of benzene rings is 2. The molecule has 1 fully saturated rings. The van der Waals surface area contributed by atoms with Gasteiger partial charge in [0, 0.05) is 54.9 Å². The molecule has 9 nitrogen and oxygen atoms in total. The van der Waals surface area contributed by atoms with Crippen LogP contribution in [0.4, 0.5) is 5.95 Å². The summed E-state index contributed by atoms with van der Waals surface area (Å²) in [4.78, 5) is 25.4. The van der Waals surface area contributed by atoms with Gasteiger partial charge in [0.15, 0.2) is 5.82 Å². The minimum Gasteiger partial charge on any atom is -0.350 e. The number of pyridine rings is 2. The first-order valence-electron chi connectivity index (χ1n) is 15.0. The molecule has 9 heteroatoms. The molecule has 0 saturated carbocycles. The van der Waals surface area contributed by atoms with Crippen LogP contribution in [0, 0.1) is 0 Å². The van der Waals surface area contributed by atoms with Gasteiger partial charge in [0.2, 0.25) is 5.95 Å². The molecule has 1 aliphatic rings. The van der Waals surface area contributed by atoms with E-state index < -0.39 is 0 Å². The van der Waals surface area contributed by atoms with E-state index in [4.69, 9.17) is 9.97 Å². The number of H-pyrrole nitrogens is 1. The Morgan fingerprint density at radius 3 is 2.36 bits per heavy atom. The van der Waals surface area contributed by atoms with Gasteiger partial charge in [-0.05, 0) is 60.8 Å². The van der Waals surface area contributed by atoms with Crippen LogP contribution in [0.5, 0.6) is 0 Å². The number of hydrogen-bond acceptors (Lipinski definition) is 8. The van der Waals surface area contributed by atoms with Crippen molar-refractivity contribution in [3.05, 3.63) is 127 Å². The Labute approximate surface area is 256 Å².